The first-order valence-electron chi connectivity index (χ1n) is 7.81. The van der Waals surface area contributed by atoms with Gasteiger partial charge in [-0.15, -0.1) is 0 Å². The molecule has 0 bridgehead atoms. The van der Waals surface area contributed by atoms with Gasteiger partial charge in [-0.2, -0.15) is 0 Å². The largest absolute Gasteiger partial charge is 0.480 e. The molecule has 2 aromatic rings. The van der Waals surface area contributed by atoms with E-state index in [1.54, 1.807) is 0 Å². The second-order valence-electron chi connectivity index (χ2n) is 5.35. The molecular formula is C20H20O5. The third-order valence-corrected chi connectivity index (χ3v) is 3.63. The van der Waals surface area contributed by atoms with Crippen LogP contribution in [0.25, 0.3) is 6.08 Å². The van der Waals surface area contributed by atoms with Crippen molar-refractivity contribution < 1.29 is 24.2 Å². The maximum atomic E-state index is 12.2. The Labute approximate surface area is 146 Å². The zero-order valence-electron chi connectivity index (χ0n) is 13.9. The van der Waals surface area contributed by atoms with Crippen molar-refractivity contribution in [1.82, 2.24) is 0 Å². The predicted octanol–water partition coefficient (Wildman–Crippen LogP) is 3.13. The van der Waals surface area contributed by atoms with Gasteiger partial charge in [0.1, 0.15) is 6.61 Å². The van der Waals surface area contributed by atoms with E-state index in [0.29, 0.717) is 0 Å². The van der Waals surface area contributed by atoms with Gasteiger partial charge in [-0.05, 0) is 11.1 Å². The fourth-order valence-electron chi connectivity index (χ4n) is 2.44. The van der Waals surface area contributed by atoms with E-state index < -0.39 is 30.6 Å². The molecule has 1 N–H and O–H groups in total. The smallest absolute Gasteiger partial charge is 0.335 e. The number of aliphatic carboxylic acids is 1. The van der Waals surface area contributed by atoms with Crippen molar-refractivity contribution in [2.45, 2.75) is 12.0 Å². The van der Waals surface area contributed by atoms with E-state index in [4.69, 9.17) is 14.6 Å². The van der Waals surface area contributed by atoms with Gasteiger partial charge < -0.3 is 14.6 Å². The molecule has 0 radical (unpaired) electrons. The van der Waals surface area contributed by atoms with E-state index in [1.807, 2.05) is 72.8 Å². The number of benzene rings is 2. The summed E-state index contributed by atoms with van der Waals surface area (Å²) in [6.07, 6.45) is 2.65. The van der Waals surface area contributed by atoms with Gasteiger partial charge in [-0.3, -0.25) is 0 Å². The number of ether oxygens (including phenoxy) is 2. The van der Waals surface area contributed by atoms with Crippen LogP contribution in [0.1, 0.15) is 17.0 Å². The van der Waals surface area contributed by atoms with Gasteiger partial charge in [0.25, 0.3) is 0 Å². The maximum absolute atomic E-state index is 12.2. The molecule has 0 saturated heterocycles. The van der Waals surface area contributed by atoms with E-state index in [1.165, 1.54) is 7.11 Å². The first kappa shape index (κ1) is 18.4. The highest BCUT2D eigenvalue weighted by Gasteiger charge is 2.30. The zero-order chi connectivity index (χ0) is 18.1. The van der Waals surface area contributed by atoms with Gasteiger partial charge in [0.2, 0.25) is 0 Å². The van der Waals surface area contributed by atoms with E-state index in [0.717, 1.165) is 11.1 Å². The fourth-order valence-corrected chi connectivity index (χ4v) is 2.44. The molecule has 0 saturated carbocycles. The number of carboxylic acids is 1. The maximum Gasteiger partial charge on any atom is 0.335 e. The molecule has 0 aliphatic rings. The van der Waals surface area contributed by atoms with Crippen LogP contribution in [0.5, 0.6) is 0 Å². The Bertz CT molecular complexity index is 709. The van der Waals surface area contributed by atoms with E-state index in [-0.39, 0.29) is 0 Å². The van der Waals surface area contributed by atoms with Crippen LogP contribution >= 0.6 is 0 Å². The highest BCUT2D eigenvalue weighted by Crippen LogP contribution is 2.26. The number of hydrogen-bond donors (Lipinski definition) is 1. The lowest BCUT2D eigenvalue weighted by atomic mass is 9.92. The fraction of sp³-hybridized carbons (Fsp3) is 0.200. The quantitative estimate of drug-likeness (QED) is 0.748. The van der Waals surface area contributed by atoms with Gasteiger partial charge >= 0.3 is 11.9 Å². The van der Waals surface area contributed by atoms with Crippen molar-refractivity contribution in [2.24, 2.45) is 0 Å². The summed E-state index contributed by atoms with van der Waals surface area (Å²) in [5.41, 5.74) is 1.79. The highest BCUT2D eigenvalue weighted by molar-refractivity contribution is 5.77. The highest BCUT2D eigenvalue weighted by atomic mass is 16.6. The SMILES string of the molecule is COC(=O)C(OCC(=O)O)C(C=Cc1ccccc1)c1ccccc1. The zero-order valence-corrected chi connectivity index (χ0v) is 13.9. The monoisotopic (exact) mass is 340 g/mol. The van der Waals surface area contributed by atoms with Crippen molar-refractivity contribution >= 4 is 18.0 Å². The molecule has 25 heavy (non-hydrogen) atoms. The molecule has 5 nitrogen and oxygen atoms in total. The van der Waals surface area contributed by atoms with E-state index >= 15 is 0 Å². The molecule has 0 fully saturated rings. The molecule has 0 spiro atoms. The Morgan fingerprint density at radius 3 is 2.20 bits per heavy atom. The normalized spacial score (nSPS) is 13.3. The number of hydrogen-bond acceptors (Lipinski definition) is 4. The number of esters is 1. The molecule has 0 aliphatic heterocycles. The van der Waals surface area contributed by atoms with Crippen LogP contribution in [0.15, 0.2) is 66.7 Å². The number of rotatable bonds is 8. The Morgan fingerprint density at radius 2 is 1.64 bits per heavy atom. The molecule has 0 aromatic heterocycles. The van der Waals surface area contributed by atoms with Crippen molar-refractivity contribution in [3.8, 4) is 0 Å². The summed E-state index contributed by atoms with van der Waals surface area (Å²) in [7, 11) is 1.25. The van der Waals surface area contributed by atoms with Crippen LogP contribution in [-0.4, -0.2) is 36.9 Å². The molecule has 2 atom stereocenters. The van der Waals surface area contributed by atoms with Gasteiger partial charge in [-0.1, -0.05) is 72.8 Å². The van der Waals surface area contributed by atoms with Crippen molar-refractivity contribution in [2.75, 3.05) is 13.7 Å². The third-order valence-electron chi connectivity index (χ3n) is 3.63. The Kier molecular flexibility index (Phi) is 6.92. The molecule has 2 rings (SSSR count). The van der Waals surface area contributed by atoms with Gasteiger partial charge in [0.15, 0.2) is 6.10 Å². The lowest BCUT2D eigenvalue weighted by molar-refractivity contribution is -0.159. The first-order valence-corrected chi connectivity index (χ1v) is 7.81. The van der Waals surface area contributed by atoms with Crippen LogP contribution in [0, 0.1) is 0 Å². The van der Waals surface area contributed by atoms with Gasteiger partial charge in [0.05, 0.1) is 7.11 Å². The average molecular weight is 340 g/mol. The van der Waals surface area contributed by atoms with Crippen LogP contribution in [-0.2, 0) is 19.1 Å². The van der Waals surface area contributed by atoms with Crippen LogP contribution in [0.2, 0.25) is 0 Å². The molecule has 5 heteroatoms. The second-order valence-corrected chi connectivity index (χ2v) is 5.35. The average Bonchev–Trinajstić information content (AvgIpc) is 2.65. The minimum absolute atomic E-state index is 0.479. The summed E-state index contributed by atoms with van der Waals surface area (Å²) in [6.45, 7) is -0.581. The first-order chi connectivity index (χ1) is 12.1. The minimum atomic E-state index is -1.15. The van der Waals surface area contributed by atoms with E-state index in [2.05, 4.69) is 0 Å². The predicted molar refractivity (Wildman–Crippen MR) is 94.1 cm³/mol. The van der Waals surface area contributed by atoms with Crippen LogP contribution in [0.3, 0.4) is 0 Å². The summed E-state index contributed by atoms with van der Waals surface area (Å²) in [6, 6.07) is 18.9. The minimum Gasteiger partial charge on any atom is -0.480 e. The Morgan fingerprint density at radius 1 is 1.04 bits per heavy atom. The van der Waals surface area contributed by atoms with Crippen LogP contribution < -0.4 is 0 Å². The lowest BCUT2D eigenvalue weighted by Gasteiger charge is -2.23. The molecular weight excluding hydrogens is 320 g/mol. The topological polar surface area (TPSA) is 72.8 Å². The van der Waals surface area contributed by atoms with Crippen molar-refractivity contribution in [1.29, 1.82) is 0 Å². The number of methoxy groups -OCH3 is 1. The molecule has 0 heterocycles. The summed E-state index contributed by atoms with van der Waals surface area (Å²) in [4.78, 5) is 23.0. The Hall–Kier alpha value is -2.92. The van der Waals surface area contributed by atoms with Crippen molar-refractivity contribution in [3.05, 3.63) is 77.9 Å². The van der Waals surface area contributed by atoms with E-state index in [9.17, 15) is 9.59 Å². The standard InChI is InChI=1S/C20H20O5/c1-24-20(23)19(25-14-18(21)22)17(16-10-6-3-7-11-16)13-12-15-8-4-2-5-9-15/h2-13,17,19H,14H2,1H3,(H,21,22). The summed E-state index contributed by atoms with van der Waals surface area (Å²) < 4.78 is 10.1. The van der Waals surface area contributed by atoms with Gasteiger partial charge in [0, 0.05) is 5.92 Å². The number of carbonyl (C=O) groups excluding carboxylic acids is 1. The Balaban J connectivity index is 2.35. The van der Waals surface area contributed by atoms with Crippen LogP contribution in [0.4, 0.5) is 0 Å². The number of carbonyl (C=O) groups is 2. The summed E-state index contributed by atoms with van der Waals surface area (Å²) >= 11 is 0. The molecule has 0 aliphatic carbocycles. The third kappa shape index (κ3) is 5.58. The van der Waals surface area contributed by atoms with Crippen molar-refractivity contribution in [3.63, 3.8) is 0 Å². The lowest BCUT2D eigenvalue weighted by Crippen LogP contribution is -2.33. The second kappa shape index (κ2) is 9.39. The van der Waals surface area contributed by atoms with Gasteiger partial charge in [-0.25, -0.2) is 9.59 Å². The molecule has 0 amide bonds. The molecule has 130 valence electrons. The molecule has 2 unspecified atom stereocenters. The number of carboxylic acid groups (broad SMARTS) is 1. The molecule has 2 aromatic carbocycles. The summed E-state index contributed by atoms with van der Waals surface area (Å²) in [5, 5.41) is 8.88. The summed E-state index contributed by atoms with van der Waals surface area (Å²) in [5.74, 6) is -2.24.